The van der Waals surface area contributed by atoms with Crippen molar-refractivity contribution in [2.24, 2.45) is 17.1 Å². The molecule has 0 rings (SSSR count). The molecule has 0 saturated carbocycles. The molecule has 13 heavy (non-hydrogen) atoms. The first-order chi connectivity index (χ1) is 5.84. The molecule has 1 atom stereocenters. The molecule has 0 fully saturated rings. The zero-order valence-electron chi connectivity index (χ0n) is 9.55. The zero-order chi connectivity index (χ0) is 10.6. The van der Waals surface area contributed by atoms with E-state index in [0.29, 0.717) is 0 Å². The highest BCUT2D eigenvalue weighted by Gasteiger charge is 2.30. The molecular formula is C11H23NO. The van der Waals surface area contributed by atoms with Crippen molar-refractivity contribution in [1.82, 2.24) is 0 Å². The van der Waals surface area contributed by atoms with Gasteiger partial charge in [0.15, 0.2) is 5.78 Å². The number of ketones is 1. The molecule has 1 unspecified atom stereocenters. The van der Waals surface area contributed by atoms with Crippen LogP contribution in [-0.2, 0) is 4.79 Å². The Labute approximate surface area is 81.9 Å². The van der Waals surface area contributed by atoms with Crippen molar-refractivity contribution >= 4 is 5.78 Å². The Morgan fingerprint density at radius 1 is 1.23 bits per heavy atom. The fourth-order valence-corrected chi connectivity index (χ4v) is 1.37. The van der Waals surface area contributed by atoms with Gasteiger partial charge in [-0.3, -0.25) is 4.79 Å². The Balaban J connectivity index is 4.41. The smallest absolute Gasteiger partial charge is 0.153 e. The quantitative estimate of drug-likeness (QED) is 0.730. The topological polar surface area (TPSA) is 43.1 Å². The van der Waals surface area contributed by atoms with Gasteiger partial charge in [0.25, 0.3) is 0 Å². The molecule has 2 nitrogen and oxygen atoms in total. The first-order valence-electron chi connectivity index (χ1n) is 5.13. The van der Waals surface area contributed by atoms with E-state index in [1.165, 1.54) is 0 Å². The Morgan fingerprint density at radius 3 is 1.85 bits per heavy atom. The highest BCUT2D eigenvalue weighted by molar-refractivity contribution is 5.86. The first-order valence-corrected chi connectivity index (χ1v) is 5.13. The third kappa shape index (κ3) is 3.47. The lowest BCUT2D eigenvalue weighted by Crippen LogP contribution is -2.45. The Morgan fingerprint density at radius 2 is 1.62 bits per heavy atom. The van der Waals surface area contributed by atoms with Gasteiger partial charge in [0.05, 0.1) is 6.04 Å². The minimum Gasteiger partial charge on any atom is -0.321 e. The molecule has 0 spiro atoms. The average Bonchev–Trinajstić information content (AvgIpc) is 2.03. The van der Waals surface area contributed by atoms with Gasteiger partial charge in [-0.25, -0.2) is 0 Å². The van der Waals surface area contributed by atoms with E-state index in [-0.39, 0.29) is 23.2 Å². The van der Waals surface area contributed by atoms with E-state index in [4.69, 9.17) is 5.73 Å². The number of hydrogen-bond acceptors (Lipinski definition) is 2. The van der Waals surface area contributed by atoms with Crippen molar-refractivity contribution in [3.8, 4) is 0 Å². The molecule has 0 aliphatic carbocycles. The summed E-state index contributed by atoms with van der Waals surface area (Å²) < 4.78 is 0. The van der Waals surface area contributed by atoms with Gasteiger partial charge in [-0.1, -0.05) is 34.6 Å². The van der Waals surface area contributed by atoms with E-state index in [1.807, 2.05) is 34.6 Å². The van der Waals surface area contributed by atoms with E-state index in [9.17, 15) is 4.79 Å². The largest absolute Gasteiger partial charge is 0.321 e. The molecule has 0 aromatic heterocycles. The molecule has 0 aliphatic rings. The van der Waals surface area contributed by atoms with E-state index in [2.05, 4.69) is 0 Å². The van der Waals surface area contributed by atoms with E-state index >= 15 is 0 Å². The summed E-state index contributed by atoms with van der Waals surface area (Å²) >= 11 is 0. The van der Waals surface area contributed by atoms with Crippen molar-refractivity contribution in [1.29, 1.82) is 0 Å². The molecule has 0 heterocycles. The predicted molar refractivity (Wildman–Crippen MR) is 56.5 cm³/mol. The lowest BCUT2D eigenvalue weighted by molar-refractivity contribution is -0.126. The van der Waals surface area contributed by atoms with Crippen molar-refractivity contribution in [3.63, 3.8) is 0 Å². The Hall–Kier alpha value is -0.370. The molecule has 0 radical (unpaired) electrons. The van der Waals surface area contributed by atoms with Crippen LogP contribution in [0.25, 0.3) is 0 Å². The molecule has 0 saturated heterocycles. The summed E-state index contributed by atoms with van der Waals surface area (Å²) in [6.45, 7) is 10.1. The van der Waals surface area contributed by atoms with Crippen LogP contribution in [-0.4, -0.2) is 11.8 Å². The van der Waals surface area contributed by atoms with Crippen molar-refractivity contribution in [2.45, 2.75) is 53.5 Å². The van der Waals surface area contributed by atoms with Crippen LogP contribution in [0.3, 0.4) is 0 Å². The Kier molecular flexibility index (Phi) is 4.62. The zero-order valence-corrected chi connectivity index (χ0v) is 9.55. The normalized spacial score (nSPS) is 14.7. The maximum atomic E-state index is 11.8. The molecule has 0 aromatic carbocycles. The van der Waals surface area contributed by atoms with Crippen LogP contribution in [0.5, 0.6) is 0 Å². The van der Waals surface area contributed by atoms with Crippen LogP contribution in [0.4, 0.5) is 0 Å². The minimum atomic E-state index is -0.322. The van der Waals surface area contributed by atoms with Gasteiger partial charge in [-0.05, 0) is 18.3 Å². The molecule has 0 bridgehead atoms. The van der Waals surface area contributed by atoms with Gasteiger partial charge < -0.3 is 5.73 Å². The monoisotopic (exact) mass is 185 g/mol. The summed E-state index contributed by atoms with van der Waals surface area (Å²) in [6.07, 6.45) is 1.80. The second kappa shape index (κ2) is 4.75. The lowest BCUT2D eigenvalue weighted by Gasteiger charge is -2.28. The fourth-order valence-electron chi connectivity index (χ4n) is 1.37. The molecule has 0 amide bonds. The third-order valence-corrected chi connectivity index (χ3v) is 2.63. The van der Waals surface area contributed by atoms with Crippen molar-refractivity contribution < 1.29 is 4.79 Å². The summed E-state index contributed by atoms with van der Waals surface area (Å²) in [5, 5.41) is 0. The van der Waals surface area contributed by atoms with Crippen LogP contribution in [0.2, 0.25) is 0 Å². The number of hydrogen-bond donors (Lipinski definition) is 1. The van der Waals surface area contributed by atoms with Crippen molar-refractivity contribution in [3.05, 3.63) is 0 Å². The first kappa shape index (κ1) is 12.6. The second-order valence-corrected chi connectivity index (χ2v) is 4.76. The Bertz CT molecular complexity index is 165. The standard InChI is InChI=1S/C11H23NO/c1-6-8(7-2)9(13)10(12)11(3,4)5/h8,10H,6-7,12H2,1-5H3. The SMILES string of the molecule is CCC(CC)C(=O)C(N)C(C)(C)C. The number of nitrogens with two attached hydrogens (primary N) is 1. The lowest BCUT2D eigenvalue weighted by atomic mass is 9.80. The predicted octanol–water partition coefficient (Wildman–Crippen LogP) is 2.37. The van der Waals surface area contributed by atoms with Crippen LogP contribution in [0.15, 0.2) is 0 Å². The molecular weight excluding hydrogens is 162 g/mol. The van der Waals surface area contributed by atoms with Crippen LogP contribution >= 0.6 is 0 Å². The fraction of sp³-hybridized carbons (Fsp3) is 0.909. The molecule has 0 aromatic rings. The highest BCUT2D eigenvalue weighted by Crippen LogP contribution is 2.22. The average molecular weight is 185 g/mol. The molecule has 78 valence electrons. The van der Waals surface area contributed by atoms with Crippen LogP contribution in [0.1, 0.15) is 47.5 Å². The summed E-state index contributed by atoms with van der Waals surface area (Å²) in [4.78, 5) is 11.8. The molecule has 0 aliphatic heterocycles. The summed E-state index contributed by atoms with van der Waals surface area (Å²) in [5.41, 5.74) is 5.79. The molecule has 2 N–H and O–H groups in total. The number of carbonyl (C=O) groups is 1. The van der Waals surface area contributed by atoms with Gasteiger partial charge in [0, 0.05) is 5.92 Å². The third-order valence-electron chi connectivity index (χ3n) is 2.63. The van der Waals surface area contributed by atoms with E-state index < -0.39 is 0 Å². The van der Waals surface area contributed by atoms with Gasteiger partial charge in [0.1, 0.15) is 0 Å². The van der Waals surface area contributed by atoms with Gasteiger partial charge >= 0.3 is 0 Å². The summed E-state index contributed by atoms with van der Waals surface area (Å²) in [6, 6.07) is -0.322. The minimum absolute atomic E-state index is 0.111. The molecule has 2 heteroatoms. The van der Waals surface area contributed by atoms with Gasteiger partial charge in [0.2, 0.25) is 0 Å². The number of carbonyl (C=O) groups excluding carboxylic acids is 1. The van der Waals surface area contributed by atoms with Crippen LogP contribution in [0, 0.1) is 11.3 Å². The maximum Gasteiger partial charge on any atom is 0.153 e. The summed E-state index contributed by atoms with van der Waals surface area (Å²) in [5.74, 6) is 0.367. The van der Waals surface area contributed by atoms with E-state index in [0.717, 1.165) is 12.8 Å². The van der Waals surface area contributed by atoms with Crippen LogP contribution < -0.4 is 5.73 Å². The number of rotatable bonds is 4. The maximum absolute atomic E-state index is 11.8. The van der Waals surface area contributed by atoms with E-state index in [1.54, 1.807) is 0 Å². The second-order valence-electron chi connectivity index (χ2n) is 4.76. The van der Waals surface area contributed by atoms with Gasteiger partial charge in [-0.15, -0.1) is 0 Å². The number of Topliss-reactive ketones (excluding diaryl/α,β-unsaturated/α-hetero) is 1. The highest BCUT2D eigenvalue weighted by atomic mass is 16.1. The van der Waals surface area contributed by atoms with Gasteiger partial charge in [-0.2, -0.15) is 0 Å². The summed E-state index contributed by atoms with van der Waals surface area (Å²) in [7, 11) is 0. The van der Waals surface area contributed by atoms with Crippen molar-refractivity contribution in [2.75, 3.05) is 0 Å².